The topological polar surface area (TPSA) is 30.7 Å². The second-order valence-electron chi connectivity index (χ2n) is 2.75. The number of aryl methyl sites for hydroxylation is 1. The van der Waals surface area contributed by atoms with Crippen LogP contribution in [0.4, 0.5) is 0 Å². The van der Waals surface area contributed by atoms with E-state index in [0.717, 1.165) is 17.8 Å². The Kier molecular flexibility index (Phi) is 2.08. The van der Waals surface area contributed by atoms with Gasteiger partial charge in [0.05, 0.1) is 11.4 Å². The summed E-state index contributed by atoms with van der Waals surface area (Å²) in [6.07, 6.45) is 3.75. The zero-order chi connectivity index (χ0) is 9.10. The summed E-state index contributed by atoms with van der Waals surface area (Å²) < 4.78 is 1.81. The molecule has 0 spiro atoms. The maximum atomic E-state index is 3.97. The third-order valence-corrected chi connectivity index (χ3v) is 1.90. The normalized spacial score (nSPS) is 10.2. The summed E-state index contributed by atoms with van der Waals surface area (Å²) in [5.41, 5.74) is 2.04. The quantitative estimate of drug-likeness (QED) is 0.689. The first-order valence-corrected chi connectivity index (χ1v) is 4.29. The SMILES string of the molecule is CCc1[c]nnn1-c1ccccc1. The third kappa shape index (κ3) is 1.45. The van der Waals surface area contributed by atoms with E-state index in [1.165, 1.54) is 0 Å². The lowest BCUT2D eigenvalue weighted by Gasteiger charge is -2.02. The van der Waals surface area contributed by atoms with Gasteiger partial charge in [0, 0.05) is 0 Å². The molecule has 0 aliphatic carbocycles. The molecule has 2 aromatic rings. The summed E-state index contributed by atoms with van der Waals surface area (Å²) >= 11 is 0. The number of hydrogen-bond acceptors (Lipinski definition) is 2. The molecule has 0 unspecified atom stereocenters. The highest BCUT2D eigenvalue weighted by atomic mass is 15.4. The van der Waals surface area contributed by atoms with Crippen molar-refractivity contribution < 1.29 is 0 Å². The molecule has 65 valence electrons. The number of nitrogens with zero attached hydrogens (tertiary/aromatic N) is 3. The van der Waals surface area contributed by atoms with Crippen molar-refractivity contribution in [2.75, 3.05) is 0 Å². The molecule has 1 aromatic heterocycles. The molecule has 0 atom stereocenters. The first-order chi connectivity index (χ1) is 6.42. The van der Waals surface area contributed by atoms with Crippen LogP contribution in [0, 0.1) is 6.20 Å². The van der Waals surface area contributed by atoms with Gasteiger partial charge in [0.25, 0.3) is 0 Å². The van der Waals surface area contributed by atoms with Gasteiger partial charge in [0.2, 0.25) is 0 Å². The molecule has 3 heteroatoms. The van der Waals surface area contributed by atoms with Gasteiger partial charge < -0.3 is 0 Å². The Morgan fingerprint density at radius 2 is 2.08 bits per heavy atom. The molecule has 1 heterocycles. The molecule has 2 rings (SSSR count). The standard InChI is InChI=1S/C10H10N3/c1-2-9-8-11-12-13(9)10-6-4-3-5-7-10/h3-7H,2H2,1H3. The van der Waals surface area contributed by atoms with Crippen molar-refractivity contribution in [3.63, 3.8) is 0 Å². The van der Waals surface area contributed by atoms with Gasteiger partial charge in [-0.05, 0) is 18.6 Å². The second-order valence-corrected chi connectivity index (χ2v) is 2.75. The average Bonchev–Trinajstić information content (AvgIpc) is 2.67. The lowest BCUT2D eigenvalue weighted by molar-refractivity contribution is 0.767. The summed E-state index contributed by atoms with van der Waals surface area (Å²) in [5, 5.41) is 7.73. The highest BCUT2D eigenvalue weighted by molar-refractivity contribution is 5.31. The molecule has 0 fully saturated rings. The van der Waals surface area contributed by atoms with E-state index >= 15 is 0 Å². The Bertz CT molecular complexity index is 378. The molecule has 0 amide bonds. The van der Waals surface area contributed by atoms with Gasteiger partial charge in [-0.1, -0.05) is 30.3 Å². The minimum absolute atomic E-state index is 0.891. The minimum atomic E-state index is 0.891. The minimum Gasteiger partial charge on any atom is -0.217 e. The molecule has 0 saturated heterocycles. The van der Waals surface area contributed by atoms with E-state index in [9.17, 15) is 0 Å². The summed E-state index contributed by atoms with van der Waals surface area (Å²) in [4.78, 5) is 0. The van der Waals surface area contributed by atoms with Crippen LogP contribution >= 0.6 is 0 Å². The highest BCUT2D eigenvalue weighted by Crippen LogP contribution is 2.07. The van der Waals surface area contributed by atoms with Crippen molar-refractivity contribution in [1.29, 1.82) is 0 Å². The first kappa shape index (κ1) is 7.98. The zero-order valence-electron chi connectivity index (χ0n) is 7.44. The number of benzene rings is 1. The Labute approximate surface area is 77.0 Å². The molecule has 1 radical (unpaired) electrons. The van der Waals surface area contributed by atoms with Gasteiger partial charge in [-0.25, -0.2) is 4.68 Å². The lowest BCUT2D eigenvalue weighted by atomic mass is 10.3. The summed E-state index contributed by atoms with van der Waals surface area (Å²) in [7, 11) is 0. The Hall–Kier alpha value is -1.64. The number of aromatic nitrogens is 3. The van der Waals surface area contributed by atoms with Crippen molar-refractivity contribution in [3.8, 4) is 5.69 Å². The number of para-hydroxylation sites is 1. The molecule has 13 heavy (non-hydrogen) atoms. The number of hydrogen-bond donors (Lipinski definition) is 0. The van der Waals surface area contributed by atoms with Crippen LogP contribution in [0.3, 0.4) is 0 Å². The van der Waals surface area contributed by atoms with Crippen molar-refractivity contribution in [3.05, 3.63) is 42.2 Å². The zero-order valence-corrected chi connectivity index (χ0v) is 7.44. The monoisotopic (exact) mass is 172 g/mol. The summed E-state index contributed by atoms with van der Waals surface area (Å²) in [6, 6.07) is 9.95. The first-order valence-electron chi connectivity index (χ1n) is 4.29. The molecule has 0 aliphatic heterocycles. The average molecular weight is 172 g/mol. The van der Waals surface area contributed by atoms with Crippen LogP contribution in [0.5, 0.6) is 0 Å². The van der Waals surface area contributed by atoms with Gasteiger partial charge in [0.1, 0.15) is 6.20 Å². The van der Waals surface area contributed by atoms with Crippen LogP contribution in [0.15, 0.2) is 30.3 Å². The fraction of sp³-hybridized carbons (Fsp3) is 0.200. The molecule has 0 bridgehead atoms. The second kappa shape index (κ2) is 3.39. The largest absolute Gasteiger partial charge is 0.217 e. The predicted octanol–water partition coefficient (Wildman–Crippen LogP) is 1.63. The number of rotatable bonds is 2. The van der Waals surface area contributed by atoms with Crippen molar-refractivity contribution in [1.82, 2.24) is 15.0 Å². The van der Waals surface area contributed by atoms with E-state index in [1.807, 2.05) is 30.3 Å². The fourth-order valence-corrected chi connectivity index (χ4v) is 1.23. The smallest absolute Gasteiger partial charge is 0.138 e. The van der Waals surface area contributed by atoms with E-state index in [4.69, 9.17) is 0 Å². The maximum absolute atomic E-state index is 3.97. The van der Waals surface area contributed by atoms with E-state index < -0.39 is 0 Å². The highest BCUT2D eigenvalue weighted by Gasteiger charge is 2.02. The van der Waals surface area contributed by atoms with Crippen molar-refractivity contribution >= 4 is 0 Å². The molecule has 0 aliphatic rings. The van der Waals surface area contributed by atoms with Gasteiger partial charge in [-0.2, -0.15) is 0 Å². The summed E-state index contributed by atoms with van der Waals surface area (Å²) in [5.74, 6) is 0. The molecule has 0 saturated carbocycles. The van der Waals surface area contributed by atoms with Crippen molar-refractivity contribution in [2.24, 2.45) is 0 Å². The Morgan fingerprint density at radius 1 is 1.31 bits per heavy atom. The van der Waals surface area contributed by atoms with Crippen LogP contribution in [-0.4, -0.2) is 15.0 Å². The maximum Gasteiger partial charge on any atom is 0.138 e. The molecule has 1 aromatic carbocycles. The van der Waals surface area contributed by atoms with Crippen LogP contribution in [-0.2, 0) is 6.42 Å². The summed E-state index contributed by atoms with van der Waals surface area (Å²) in [6.45, 7) is 2.06. The van der Waals surface area contributed by atoms with Gasteiger partial charge >= 0.3 is 0 Å². The van der Waals surface area contributed by atoms with E-state index in [-0.39, 0.29) is 0 Å². The van der Waals surface area contributed by atoms with Crippen LogP contribution in [0.2, 0.25) is 0 Å². The molecule has 0 N–H and O–H groups in total. The van der Waals surface area contributed by atoms with E-state index in [0.29, 0.717) is 0 Å². The molecular weight excluding hydrogens is 162 g/mol. The van der Waals surface area contributed by atoms with Crippen LogP contribution in [0.25, 0.3) is 5.69 Å². The van der Waals surface area contributed by atoms with Crippen LogP contribution in [0.1, 0.15) is 12.6 Å². The van der Waals surface area contributed by atoms with Gasteiger partial charge in [0.15, 0.2) is 0 Å². The molecular formula is C10H10N3. The van der Waals surface area contributed by atoms with E-state index in [2.05, 4.69) is 23.4 Å². The predicted molar refractivity (Wildman–Crippen MR) is 49.6 cm³/mol. The Balaban J connectivity index is 2.47. The van der Waals surface area contributed by atoms with E-state index in [1.54, 1.807) is 4.68 Å². The van der Waals surface area contributed by atoms with Gasteiger partial charge in [-0.3, -0.25) is 0 Å². The lowest BCUT2D eigenvalue weighted by Crippen LogP contribution is -2.00. The van der Waals surface area contributed by atoms with Gasteiger partial charge in [-0.15, -0.1) is 5.10 Å². The molecule has 3 nitrogen and oxygen atoms in total. The van der Waals surface area contributed by atoms with Crippen molar-refractivity contribution in [2.45, 2.75) is 13.3 Å². The van der Waals surface area contributed by atoms with Crippen LogP contribution < -0.4 is 0 Å². The fourth-order valence-electron chi connectivity index (χ4n) is 1.23. The Morgan fingerprint density at radius 3 is 2.77 bits per heavy atom. The third-order valence-electron chi connectivity index (χ3n) is 1.90.